The molecule has 1 aromatic rings. The molecule has 1 heteroatoms. The summed E-state index contributed by atoms with van der Waals surface area (Å²) in [6.07, 6.45) is 5.52. The first kappa shape index (κ1) is 9.41. The highest BCUT2D eigenvalue weighted by atomic mass is 15.0. The van der Waals surface area contributed by atoms with Gasteiger partial charge in [-0.3, -0.25) is 0 Å². The molecule has 1 N–H and O–H groups in total. The molecule has 1 aliphatic carbocycles. The van der Waals surface area contributed by atoms with Crippen LogP contribution in [0.25, 0.3) is 0 Å². The molecular weight excluding hydrogens is 182 g/mol. The Morgan fingerprint density at radius 1 is 1.33 bits per heavy atom. The molecule has 2 aliphatic rings. The van der Waals surface area contributed by atoms with E-state index < -0.39 is 0 Å². The Morgan fingerprint density at radius 2 is 2.27 bits per heavy atom. The molecule has 15 heavy (non-hydrogen) atoms. The molecule has 3 unspecified atom stereocenters. The van der Waals surface area contributed by atoms with Gasteiger partial charge in [0.25, 0.3) is 0 Å². The normalized spacial score (nSPS) is 33.5. The van der Waals surface area contributed by atoms with Gasteiger partial charge in [-0.15, -0.1) is 0 Å². The van der Waals surface area contributed by atoms with Crippen LogP contribution in [0.15, 0.2) is 24.3 Å². The molecule has 2 fully saturated rings. The molecule has 0 amide bonds. The average molecular weight is 201 g/mol. The van der Waals surface area contributed by atoms with Gasteiger partial charge in [-0.25, -0.2) is 0 Å². The Morgan fingerprint density at radius 3 is 2.93 bits per heavy atom. The van der Waals surface area contributed by atoms with Crippen molar-refractivity contribution in [3.8, 4) is 0 Å². The highest BCUT2D eigenvalue weighted by Gasteiger charge is 2.38. The molecule has 1 saturated carbocycles. The lowest BCUT2D eigenvalue weighted by molar-refractivity contribution is 0.379. The van der Waals surface area contributed by atoms with Crippen LogP contribution < -0.4 is 5.32 Å². The molecule has 1 heterocycles. The fourth-order valence-corrected chi connectivity index (χ4v) is 3.29. The van der Waals surface area contributed by atoms with Crippen LogP contribution in [0.1, 0.15) is 30.4 Å². The highest BCUT2D eigenvalue weighted by molar-refractivity contribution is 5.23. The van der Waals surface area contributed by atoms with Gasteiger partial charge < -0.3 is 5.32 Å². The third-order valence-electron chi connectivity index (χ3n) is 4.03. The lowest BCUT2D eigenvalue weighted by Crippen LogP contribution is -2.36. The van der Waals surface area contributed by atoms with Gasteiger partial charge in [-0.1, -0.05) is 29.8 Å². The molecule has 80 valence electrons. The number of rotatable bonds is 2. The Balaban J connectivity index is 1.71. The molecule has 2 bridgehead atoms. The smallest absolute Gasteiger partial charge is 0.0139 e. The summed E-state index contributed by atoms with van der Waals surface area (Å²) in [5.41, 5.74) is 2.88. The minimum Gasteiger partial charge on any atom is -0.311 e. The number of nitrogens with one attached hydrogen (secondary N) is 1. The molecule has 3 atom stereocenters. The van der Waals surface area contributed by atoms with E-state index in [0.29, 0.717) is 0 Å². The second-order valence-corrected chi connectivity index (χ2v) is 5.24. The van der Waals surface area contributed by atoms with Crippen LogP contribution in [0.5, 0.6) is 0 Å². The first-order valence-electron chi connectivity index (χ1n) is 6.13. The van der Waals surface area contributed by atoms with E-state index in [1.807, 2.05) is 0 Å². The van der Waals surface area contributed by atoms with Crippen molar-refractivity contribution in [2.75, 3.05) is 0 Å². The Hall–Kier alpha value is -0.820. The van der Waals surface area contributed by atoms with E-state index in [0.717, 1.165) is 18.0 Å². The standard InChI is InChI=1S/C14H19N/c1-10-3-2-4-11(7-10)8-14-12-5-6-13(9-12)15-14/h2-4,7,12-15H,5-6,8-9H2,1H3. The SMILES string of the molecule is Cc1cccc(CC2NC3CCC2C3)c1. The fraction of sp³-hybridized carbons (Fsp3) is 0.571. The lowest BCUT2D eigenvalue weighted by Gasteiger charge is -2.23. The van der Waals surface area contributed by atoms with Crippen LogP contribution in [0.4, 0.5) is 0 Å². The number of hydrogen-bond acceptors (Lipinski definition) is 1. The molecule has 0 spiro atoms. The van der Waals surface area contributed by atoms with Crippen molar-refractivity contribution in [2.45, 2.75) is 44.7 Å². The zero-order valence-corrected chi connectivity index (χ0v) is 9.37. The van der Waals surface area contributed by atoms with Crippen molar-refractivity contribution in [2.24, 2.45) is 5.92 Å². The van der Waals surface area contributed by atoms with Gasteiger partial charge >= 0.3 is 0 Å². The zero-order chi connectivity index (χ0) is 10.3. The van der Waals surface area contributed by atoms with Crippen molar-refractivity contribution in [3.05, 3.63) is 35.4 Å². The van der Waals surface area contributed by atoms with Crippen LogP contribution in [0.3, 0.4) is 0 Å². The Kier molecular flexibility index (Phi) is 2.28. The third kappa shape index (κ3) is 1.81. The zero-order valence-electron chi connectivity index (χ0n) is 9.37. The van der Waals surface area contributed by atoms with Crippen molar-refractivity contribution >= 4 is 0 Å². The quantitative estimate of drug-likeness (QED) is 0.775. The maximum absolute atomic E-state index is 3.76. The number of hydrogen-bond donors (Lipinski definition) is 1. The molecule has 3 rings (SSSR count). The first-order valence-corrected chi connectivity index (χ1v) is 6.13. The predicted molar refractivity (Wildman–Crippen MR) is 62.9 cm³/mol. The highest BCUT2D eigenvalue weighted by Crippen LogP contribution is 2.36. The summed E-state index contributed by atoms with van der Waals surface area (Å²) in [5.74, 6) is 0.954. The average Bonchev–Trinajstić information content (AvgIpc) is 2.79. The molecule has 0 radical (unpaired) electrons. The van der Waals surface area contributed by atoms with Crippen molar-refractivity contribution in [3.63, 3.8) is 0 Å². The summed E-state index contributed by atoms with van der Waals surface area (Å²) < 4.78 is 0. The number of piperidine rings is 1. The summed E-state index contributed by atoms with van der Waals surface area (Å²) in [6, 6.07) is 10.5. The number of aryl methyl sites for hydroxylation is 1. The van der Waals surface area contributed by atoms with Gasteiger partial charge in [-0.2, -0.15) is 0 Å². The van der Waals surface area contributed by atoms with E-state index in [4.69, 9.17) is 0 Å². The minimum absolute atomic E-state index is 0.755. The summed E-state index contributed by atoms with van der Waals surface area (Å²) in [4.78, 5) is 0. The monoisotopic (exact) mass is 201 g/mol. The van der Waals surface area contributed by atoms with E-state index >= 15 is 0 Å². The van der Waals surface area contributed by atoms with Crippen molar-refractivity contribution < 1.29 is 0 Å². The first-order chi connectivity index (χ1) is 7.31. The Bertz CT molecular complexity index is 358. The van der Waals surface area contributed by atoms with Crippen LogP contribution >= 0.6 is 0 Å². The van der Waals surface area contributed by atoms with E-state index in [2.05, 4.69) is 36.5 Å². The summed E-state index contributed by atoms with van der Waals surface area (Å²) in [5, 5.41) is 3.76. The molecule has 0 aromatic heterocycles. The molecular formula is C14H19N. The van der Waals surface area contributed by atoms with Crippen molar-refractivity contribution in [1.82, 2.24) is 5.32 Å². The van der Waals surface area contributed by atoms with Gasteiger partial charge in [0, 0.05) is 12.1 Å². The fourth-order valence-electron chi connectivity index (χ4n) is 3.29. The van der Waals surface area contributed by atoms with Gasteiger partial charge in [0.05, 0.1) is 0 Å². The van der Waals surface area contributed by atoms with Crippen LogP contribution in [0, 0.1) is 12.8 Å². The summed E-state index contributed by atoms with van der Waals surface area (Å²) in [6.45, 7) is 2.18. The Labute approximate surface area is 91.9 Å². The second-order valence-electron chi connectivity index (χ2n) is 5.24. The van der Waals surface area contributed by atoms with Gasteiger partial charge in [0.2, 0.25) is 0 Å². The largest absolute Gasteiger partial charge is 0.311 e. The maximum atomic E-state index is 3.76. The molecule has 1 aromatic carbocycles. The van der Waals surface area contributed by atoms with Crippen LogP contribution in [-0.2, 0) is 6.42 Å². The molecule has 1 saturated heterocycles. The lowest BCUT2D eigenvalue weighted by atomic mass is 9.93. The second kappa shape index (κ2) is 3.64. The van der Waals surface area contributed by atoms with Gasteiger partial charge in [-0.05, 0) is 44.1 Å². The number of benzene rings is 1. The van der Waals surface area contributed by atoms with Gasteiger partial charge in [0.1, 0.15) is 0 Å². The maximum Gasteiger partial charge on any atom is 0.0139 e. The van der Waals surface area contributed by atoms with Crippen LogP contribution in [-0.4, -0.2) is 12.1 Å². The minimum atomic E-state index is 0.755. The molecule has 1 nitrogen and oxygen atoms in total. The predicted octanol–water partition coefficient (Wildman–Crippen LogP) is 2.68. The van der Waals surface area contributed by atoms with E-state index in [1.165, 1.54) is 36.8 Å². The molecule has 1 aliphatic heterocycles. The third-order valence-corrected chi connectivity index (χ3v) is 4.03. The summed E-state index contributed by atoms with van der Waals surface area (Å²) in [7, 11) is 0. The van der Waals surface area contributed by atoms with Crippen molar-refractivity contribution in [1.29, 1.82) is 0 Å². The van der Waals surface area contributed by atoms with Gasteiger partial charge in [0.15, 0.2) is 0 Å². The summed E-state index contributed by atoms with van der Waals surface area (Å²) >= 11 is 0. The number of fused-ring (bicyclic) bond motifs is 2. The van der Waals surface area contributed by atoms with Crippen LogP contribution in [0.2, 0.25) is 0 Å². The van der Waals surface area contributed by atoms with E-state index in [-0.39, 0.29) is 0 Å². The van der Waals surface area contributed by atoms with E-state index in [1.54, 1.807) is 0 Å². The van der Waals surface area contributed by atoms with E-state index in [9.17, 15) is 0 Å². The topological polar surface area (TPSA) is 12.0 Å².